The predicted molar refractivity (Wildman–Crippen MR) is 92.4 cm³/mol. The van der Waals surface area contributed by atoms with Gasteiger partial charge in [0, 0.05) is 30.8 Å². The molecule has 0 saturated carbocycles. The van der Waals surface area contributed by atoms with Crippen LogP contribution in [-0.4, -0.2) is 64.7 Å². The van der Waals surface area contributed by atoms with Crippen molar-refractivity contribution in [2.24, 2.45) is 0 Å². The summed E-state index contributed by atoms with van der Waals surface area (Å²) in [4.78, 5) is 27.5. The molecule has 0 radical (unpaired) electrons. The monoisotopic (exact) mass is 360 g/mol. The summed E-state index contributed by atoms with van der Waals surface area (Å²) in [6.45, 7) is 3.42. The molecule has 0 aliphatic carbocycles. The molecule has 1 aliphatic heterocycles. The Morgan fingerprint density at radius 2 is 2.08 bits per heavy atom. The third kappa shape index (κ3) is 3.75. The first-order chi connectivity index (χ1) is 12.5. The van der Waals surface area contributed by atoms with Gasteiger partial charge >= 0.3 is 5.97 Å². The van der Waals surface area contributed by atoms with Crippen LogP contribution in [0.2, 0.25) is 0 Å². The second-order valence-electron chi connectivity index (χ2n) is 6.26. The number of aromatic amines is 1. The molecule has 0 unspecified atom stereocenters. The average molecular weight is 360 g/mol. The number of H-pyrrole nitrogens is 1. The molecule has 1 aliphatic rings. The zero-order valence-electron chi connectivity index (χ0n) is 14.7. The molecule has 0 spiro atoms. The van der Waals surface area contributed by atoms with Gasteiger partial charge in [-0.05, 0) is 31.2 Å². The first-order valence-electron chi connectivity index (χ1n) is 8.37. The van der Waals surface area contributed by atoms with Gasteiger partial charge in [-0.2, -0.15) is 5.10 Å². The molecule has 1 fully saturated rings. The average Bonchev–Trinajstić information content (AvgIpc) is 3.10. The number of hydrogen-bond donors (Lipinski definition) is 1. The molecule has 1 aromatic heterocycles. The van der Waals surface area contributed by atoms with Crippen molar-refractivity contribution in [3.05, 3.63) is 41.8 Å². The summed E-state index contributed by atoms with van der Waals surface area (Å²) in [5, 5.41) is 7.04. The number of amides is 1. The van der Waals surface area contributed by atoms with Crippen LogP contribution in [0.5, 0.6) is 0 Å². The van der Waals surface area contributed by atoms with Gasteiger partial charge in [0.25, 0.3) is 0 Å². The molecule has 2 heterocycles. The molecule has 2 aromatic rings. The highest BCUT2D eigenvalue weighted by atomic mass is 19.1. The van der Waals surface area contributed by atoms with Crippen molar-refractivity contribution < 1.29 is 18.7 Å². The van der Waals surface area contributed by atoms with Crippen LogP contribution in [0.1, 0.15) is 12.5 Å². The van der Waals surface area contributed by atoms with Crippen molar-refractivity contribution in [2.75, 3.05) is 26.7 Å². The van der Waals surface area contributed by atoms with Gasteiger partial charge in [-0.15, -0.1) is 0 Å². The van der Waals surface area contributed by atoms with Gasteiger partial charge in [-0.25, -0.2) is 4.39 Å². The summed E-state index contributed by atoms with van der Waals surface area (Å²) in [6, 6.07) is 5.82. The van der Waals surface area contributed by atoms with E-state index in [1.54, 1.807) is 18.3 Å². The molecule has 8 heteroatoms. The number of piperazine rings is 1. The van der Waals surface area contributed by atoms with Gasteiger partial charge in [-0.1, -0.05) is 0 Å². The second-order valence-corrected chi connectivity index (χ2v) is 6.26. The molecule has 7 nitrogen and oxygen atoms in total. The lowest BCUT2D eigenvalue weighted by Gasteiger charge is -2.38. The van der Waals surface area contributed by atoms with Gasteiger partial charge in [0.15, 0.2) is 0 Å². The Morgan fingerprint density at radius 1 is 1.35 bits per heavy atom. The molecular weight excluding hydrogens is 339 g/mol. The maximum absolute atomic E-state index is 13.1. The number of carbonyl (C=O) groups excluding carboxylic acids is 2. The zero-order valence-corrected chi connectivity index (χ0v) is 14.7. The Bertz CT molecular complexity index is 790. The van der Waals surface area contributed by atoms with Crippen molar-refractivity contribution in [3.8, 4) is 11.3 Å². The molecule has 1 atom stereocenters. The van der Waals surface area contributed by atoms with Crippen molar-refractivity contribution in [1.82, 2.24) is 20.0 Å². The highest BCUT2D eigenvalue weighted by Gasteiger charge is 2.33. The van der Waals surface area contributed by atoms with Crippen LogP contribution in [0.4, 0.5) is 4.39 Å². The van der Waals surface area contributed by atoms with Crippen molar-refractivity contribution in [1.29, 1.82) is 0 Å². The number of carbonyl (C=O) groups is 2. The van der Waals surface area contributed by atoms with E-state index >= 15 is 0 Å². The van der Waals surface area contributed by atoms with Crippen molar-refractivity contribution in [3.63, 3.8) is 0 Å². The molecule has 3 rings (SSSR count). The van der Waals surface area contributed by atoms with Crippen LogP contribution in [0.15, 0.2) is 30.5 Å². The third-order valence-electron chi connectivity index (χ3n) is 4.65. The van der Waals surface area contributed by atoms with E-state index < -0.39 is 5.97 Å². The van der Waals surface area contributed by atoms with Gasteiger partial charge in [0.05, 0.1) is 25.0 Å². The lowest BCUT2D eigenvalue weighted by Crippen LogP contribution is -2.56. The molecule has 26 heavy (non-hydrogen) atoms. The van der Waals surface area contributed by atoms with Gasteiger partial charge in [-0.3, -0.25) is 19.6 Å². The van der Waals surface area contributed by atoms with E-state index in [9.17, 15) is 14.0 Å². The fraction of sp³-hybridized carbons (Fsp3) is 0.389. The maximum atomic E-state index is 13.1. The van der Waals surface area contributed by atoms with Crippen LogP contribution >= 0.6 is 0 Å². The lowest BCUT2D eigenvalue weighted by atomic mass is 10.1. The van der Waals surface area contributed by atoms with E-state index in [1.165, 1.54) is 24.1 Å². The van der Waals surface area contributed by atoms with Gasteiger partial charge in [0.2, 0.25) is 5.91 Å². The Hall–Kier alpha value is -2.74. The van der Waals surface area contributed by atoms with Crippen molar-refractivity contribution >= 4 is 11.9 Å². The van der Waals surface area contributed by atoms with Crippen LogP contribution in [-0.2, 0) is 20.9 Å². The number of nitrogens with one attached hydrogen (secondary N) is 1. The molecular formula is C18H21FN4O3. The summed E-state index contributed by atoms with van der Waals surface area (Å²) < 4.78 is 17.8. The maximum Gasteiger partial charge on any atom is 0.325 e. The summed E-state index contributed by atoms with van der Waals surface area (Å²) in [5.41, 5.74) is 2.57. The summed E-state index contributed by atoms with van der Waals surface area (Å²) in [6.07, 6.45) is 1.72. The predicted octanol–water partition coefficient (Wildman–Crippen LogP) is 1.42. The number of benzene rings is 1. The summed E-state index contributed by atoms with van der Waals surface area (Å²) >= 11 is 0. The van der Waals surface area contributed by atoms with Gasteiger partial charge in [0.1, 0.15) is 12.4 Å². The highest BCUT2D eigenvalue weighted by Crippen LogP contribution is 2.24. The van der Waals surface area contributed by atoms with E-state index in [1.807, 2.05) is 11.8 Å². The number of rotatable bonds is 5. The summed E-state index contributed by atoms with van der Waals surface area (Å²) in [7, 11) is 1.31. The lowest BCUT2D eigenvalue weighted by molar-refractivity contribution is -0.151. The second kappa shape index (κ2) is 7.65. The van der Waals surface area contributed by atoms with Crippen LogP contribution in [0.25, 0.3) is 11.3 Å². The number of halogens is 1. The standard InChI is InChI=1S/C18H21FN4O3/c1-12-18(25)23(11-16(24)26-2)8-7-22(12)10-14-9-20-21-17(14)13-3-5-15(19)6-4-13/h3-6,9,12H,7-8,10-11H2,1-2H3,(H,20,21)/t12-/m0/s1. The number of ether oxygens (including phenoxy) is 1. The van der Waals surface area contributed by atoms with Crippen LogP contribution in [0, 0.1) is 5.82 Å². The normalized spacial score (nSPS) is 18.2. The molecule has 1 saturated heterocycles. The fourth-order valence-corrected chi connectivity index (χ4v) is 3.08. The number of nitrogens with zero attached hydrogens (tertiary/aromatic N) is 3. The van der Waals surface area contributed by atoms with E-state index in [-0.39, 0.29) is 24.3 Å². The SMILES string of the molecule is COC(=O)CN1CCN(Cc2cn[nH]c2-c2ccc(F)cc2)[C@@H](C)C1=O. The Labute approximate surface area is 150 Å². The minimum atomic E-state index is -0.424. The third-order valence-corrected chi connectivity index (χ3v) is 4.65. The minimum Gasteiger partial charge on any atom is -0.468 e. The van der Waals surface area contributed by atoms with Crippen molar-refractivity contribution in [2.45, 2.75) is 19.5 Å². The number of esters is 1. The number of hydrogen-bond acceptors (Lipinski definition) is 5. The van der Waals surface area contributed by atoms with Gasteiger partial charge < -0.3 is 9.64 Å². The largest absolute Gasteiger partial charge is 0.468 e. The van der Waals surface area contributed by atoms with E-state index in [2.05, 4.69) is 14.9 Å². The first kappa shape index (κ1) is 18.1. The Kier molecular flexibility index (Phi) is 5.32. The Morgan fingerprint density at radius 3 is 2.77 bits per heavy atom. The molecule has 1 aromatic carbocycles. The Balaban J connectivity index is 1.71. The molecule has 1 N–H and O–H groups in total. The number of aromatic nitrogens is 2. The quantitative estimate of drug-likeness (QED) is 0.816. The highest BCUT2D eigenvalue weighted by molar-refractivity contribution is 5.86. The van der Waals surface area contributed by atoms with Crippen LogP contribution in [0.3, 0.4) is 0 Å². The zero-order chi connectivity index (χ0) is 18.7. The molecule has 1 amide bonds. The number of methoxy groups -OCH3 is 1. The van der Waals surface area contributed by atoms with Crippen LogP contribution < -0.4 is 0 Å². The fourth-order valence-electron chi connectivity index (χ4n) is 3.08. The molecule has 138 valence electrons. The molecule has 0 bridgehead atoms. The summed E-state index contributed by atoms with van der Waals surface area (Å²) in [5.74, 6) is -0.823. The van der Waals surface area contributed by atoms with E-state index in [0.717, 1.165) is 16.8 Å². The first-order valence-corrected chi connectivity index (χ1v) is 8.37. The topological polar surface area (TPSA) is 78.5 Å². The smallest absolute Gasteiger partial charge is 0.325 e. The minimum absolute atomic E-state index is 0.0277. The van der Waals surface area contributed by atoms with E-state index in [0.29, 0.717) is 19.6 Å². The van der Waals surface area contributed by atoms with E-state index in [4.69, 9.17) is 0 Å².